The number of furan rings is 1. The number of nitrogens with zero attached hydrogens (tertiary/aromatic N) is 3. The number of hydrogen-bond donors (Lipinski definition) is 0. The number of para-hydroxylation sites is 1. The SMILES string of the molecule is C[Si](C)(C)c1ccc(-c2[c-]cccc2)nc1.[Ir].[c-]1ccc2c(oc3ccccc32)c1-c1nc2c3ccccc3ccc2n1-c1ccc(-c2ccccc2)cc1-c1ccccc1. The molecule has 0 bridgehead atoms. The average Bonchev–Trinajstić information content (AvgIpc) is 3.89. The largest absolute Gasteiger partial charge is 0.501 e. The number of fused-ring (bicyclic) bond motifs is 6. The van der Waals surface area contributed by atoms with Gasteiger partial charge in [-0.25, -0.2) is 0 Å². The zero-order valence-corrected chi connectivity index (χ0v) is 37.5. The predicted octanol–water partition coefficient (Wildman–Crippen LogP) is 14.0. The molecule has 0 saturated heterocycles. The maximum atomic E-state index is 6.52. The first-order chi connectivity index (χ1) is 29.4. The van der Waals surface area contributed by atoms with E-state index in [1.807, 2.05) is 48.7 Å². The van der Waals surface area contributed by atoms with Crippen LogP contribution in [0.3, 0.4) is 0 Å². The van der Waals surface area contributed by atoms with Crippen LogP contribution in [0.2, 0.25) is 19.6 Å². The minimum Gasteiger partial charge on any atom is -0.501 e. The zero-order chi connectivity index (χ0) is 40.6. The molecule has 3 heterocycles. The summed E-state index contributed by atoms with van der Waals surface area (Å²) in [6.07, 6.45) is 2.02. The molecule has 11 rings (SSSR count). The summed E-state index contributed by atoms with van der Waals surface area (Å²) >= 11 is 0. The van der Waals surface area contributed by atoms with Gasteiger partial charge in [-0.2, -0.15) is 0 Å². The Morgan fingerprint density at radius 3 is 2.03 bits per heavy atom. The van der Waals surface area contributed by atoms with Gasteiger partial charge in [-0.3, -0.25) is 4.98 Å². The monoisotopic (exact) mass is 980 g/mol. The Bertz CT molecular complexity index is 3280. The smallest absolute Gasteiger partial charge is 0.120 e. The van der Waals surface area contributed by atoms with E-state index in [0.717, 1.165) is 88.8 Å². The van der Waals surface area contributed by atoms with E-state index in [2.05, 4.69) is 187 Å². The van der Waals surface area contributed by atoms with Gasteiger partial charge in [-0.15, -0.1) is 54.1 Å². The van der Waals surface area contributed by atoms with E-state index >= 15 is 0 Å². The molecule has 0 fully saturated rings. The summed E-state index contributed by atoms with van der Waals surface area (Å²) in [5.41, 5.74) is 12.2. The van der Waals surface area contributed by atoms with E-state index in [1.54, 1.807) is 0 Å². The van der Waals surface area contributed by atoms with Crippen LogP contribution in [0.5, 0.6) is 0 Å². The molecule has 0 aliphatic heterocycles. The molecule has 6 heteroatoms. The minimum absolute atomic E-state index is 0. The van der Waals surface area contributed by atoms with Gasteiger partial charge in [0.15, 0.2) is 0 Å². The van der Waals surface area contributed by atoms with Gasteiger partial charge >= 0.3 is 0 Å². The van der Waals surface area contributed by atoms with Crippen molar-refractivity contribution in [3.8, 4) is 50.6 Å². The molecule has 3 aromatic heterocycles. The van der Waals surface area contributed by atoms with Crippen LogP contribution in [0.4, 0.5) is 0 Å². The summed E-state index contributed by atoms with van der Waals surface area (Å²) in [5, 5.41) is 5.81. The summed E-state index contributed by atoms with van der Waals surface area (Å²) in [4.78, 5) is 9.91. The van der Waals surface area contributed by atoms with Crippen molar-refractivity contribution in [2.24, 2.45) is 0 Å². The zero-order valence-electron chi connectivity index (χ0n) is 34.1. The summed E-state index contributed by atoms with van der Waals surface area (Å²) in [5.74, 6) is 0.797. The fraction of sp³-hybridized carbons (Fsp3) is 0.0545. The standard InChI is InChI=1S/C41H25N2O.C14H16NSi.Ir/c1-3-12-27(13-4-1)30-23-24-36(35(26-30)28-14-5-2-6-15-28)43-37-25-22-29-16-7-8-17-31(29)39(37)42-41(43)34-20-11-19-33-32-18-9-10-21-38(32)44-40(33)34;1-16(2,3)13-9-10-14(15-11-13)12-7-5-4-6-8-12;/h1-19,21-26H;4-7,9-11H,1-3H3;/q2*-1;. The van der Waals surface area contributed by atoms with Crippen molar-refractivity contribution in [1.82, 2.24) is 14.5 Å². The first kappa shape index (κ1) is 39.8. The van der Waals surface area contributed by atoms with Crippen molar-refractivity contribution in [1.29, 1.82) is 0 Å². The summed E-state index contributed by atoms with van der Waals surface area (Å²) in [6.45, 7) is 7.00. The number of imidazole rings is 1. The van der Waals surface area contributed by atoms with Gasteiger partial charge in [0.1, 0.15) is 5.58 Å². The van der Waals surface area contributed by atoms with Gasteiger partial charge in [-0.05, 0) is 57.2 Å². The Morgan fingerprint density at radius 1 is 0.574 bits per heavy atom. The van der Waals surface area contributed by atoms with E-state index in [0.29, 0.717) is 0 Å². The van der Waals surface area contributed by atoms with Crippen molar-refractivity contribution in [2.45, 2.75) is 19.6 Å². The molecule has 8 aromatic carbocycles. The third kappa shape index (κ3) is 7.66. The molecule has 0 atom stereocenters. The van der Waals surface area contributed by atoms with Gasteiger partial charge in [0, 0.05) is 48.3 Å². The molecule has 0 aliphatic rings. The Kier molecular flexibility index (Phi) is 10.9. The van der Waals surface area contributed by atoms with Gasteiger partial charge in [0.2, 0.25) is 0 Å². The second-order valence-electron chi connectivity index (χ2n) is 16.0. The van der Waals surface area contributed by atoms with Crippen LogP contribution in [0.25, 0.3) is 94.3 Å². The van der Waals surface area contributed by atoms with Crippen LogP contribution in [0.1, 0.15) is 0 Å². The minimum atomic E-state index is -1.23. The third-order valence-electron chi connectivity index (χ3n) is 11.2. The normalized spacial score (nSPS) is 11.4. The van der Waals surface area contributed by atoms with E-state index < -0.39 is 8.07 Å². The maximum absolute atomic E-state index is 6.52. The van der Waals surface area contributed by atoms with Crippen molar-refractivity contribution >= 4 is 57.0 Å². The Labute approximate surface area is 370 Å². The predicted molar refractivity (Wildman–Crippen MR) is 252 cm³/mol. The number of aromatic nitrogens is 3. The molecule has 1 radical (unpaired) electrons. The topological polar surface area (TPSA) is 43.9 Å². The number of hydrogen-bond acceptors (Lipinski definition) is 3. The van der Waals surface area contributed by atoms with Crippen molar-refractivity contribution < 1.29 is 24.5 Å². The van der Waals surface area contributed by atoms with E-state index in [-0.39, 0.29) is 20.1 Å². The van der Waals surface area contributed by atoms with Gasteiger partial charge in [0.25, 0.3) is 0 Å². The van der Waals surface area contributed by atoms with E-state index in [1.165, 1.54) is 10.8 Å². The second kappa shape index (κ2) is 16.8. The number of rotatable bonds is 6. The molecular formula is C55H41IrN3OSi-2. The van der Waals surface area contributed by atoms with E-state index in [4.69, 9.17) is 9.40 Å². The molecule has 0 spiro atoms. The Balaban J connectivity index is 0.000000237. The van der Waals surface area contributed by atoms with Gasteiger partial charge in [-0.1, -0.05) is 158 Å². The molecule has 61 heavy (non-hydrogen) atoms. The van der Waals surface area contributed by atoms with Gasteiger partial charge < -0.3 is 14.0 Å². The molecule has 0 saturated carbocycles. The molecule has 0 amide bonds. The van der Waals surface area contributed by atoms with Crippen molar-refractivity contribution in [3.63, 3.8) is 0 Å². The number of pyridine rings is 1. The van der Waals surface area contributed by atoms with Crippen LogP contribution in [0.15, 0.2) is 199 Å². The molecular weight excluding hydrogens is 939 g/mol. The van der Waals surface area contributed by atoms with Gasteiger partial charge in [0.05, 0.1) is 30.5 Å². The maximum Gasteiger partial charge on any atom is 0.120 e. The fourth-order valence-electron chi connectivity index (χ4n) is 8.02. The fourth-order valence-corrected chi connectivity index (χ4v) is 9.05. The molecule has 0 unspecified atom stereocenters. The first-order valence-corrected chi connectivity index (χ1v) is 23.8. The summed E-state index contributed by atoms with van der Waals surface area (Å²) in [6, 6.07) is 71.9. The molecule has 11 aromatic rings. The van der Waals surface area contributed by atoms with Crippen molar-refractivity contribution in [3.05, 3.63) is 206 Å². The molecule has 0 N–H and O–H groups in total. The Hall–Kier alpha value is -6.69. The Morgan fingerprint density at radius 2 is 1.30 bits per heavy atom. The molecule has 0 aliphatic carbocycles. The second-order valence-corrected chi connectivity index (χ2v) is 21.1. The van der Waals surface area contributed by atoms with Crippen molar-refractivity contribution in [2.75, 3.05) is 0 Å². The summed E-state index contributed by atoms with van der Waals surface area (Å²) in [7, 11) is -1.23. The van der Waals surface area contributed by atoms with Crippen LogP contribution in [-0.2, 0) is 20.1 Å². The van der Waals surface area contributed by atoms with Crippen LogP contribution >= 0.6 is 0 Å². The van der Waals surface area contributed by atoms with E-state index in [9.17, 15) is 0 Å². The quantitative estimate of drug-likeness (QED) is 0.123. The third-order valence-corrected chi connectivity index (χ3v) is 13.2. The molecule has 297 valence electrons. The van der Waals surface area contributed by atoms with Crippen LogP contribution in [0, 0.1) is 12.1 Å². The molecule has 4 nitrogen and oxygen atoms in total. The number of benzene rings is 8. The average molecular weight is 980 g/mol. The first-order valence-electron chi connectivity index (χ1n) is 20.3. The van der Waals surface area contributed by atoms with Crippen LogP contribution in [-0.4, -0.2) is 22.6 Å². The van der Waals surface area contributed by atoms with Crippen LogP contribution < -0.4 is 5.19 Å². The summed E-state index contributed by atoms with van der Waals surface area (Å²) < 4.78 is 8.81.